The first-order valence-electron chi connectivity index (χ1n) is 4.89. The number of H-pyrrole nitrogens is 1. The highest BCUT2D eigenvalue weighted by molar-refractivity contribution is 6.31. The van der Waals surface area contributed by atoms with Gasteiger partial charge in [0, 0.05) is 12.4 Å². The zero-order chi connectivity index (χ0) is 11.5. The van der Waals surface area contributed by atoms with Gasteiger partial charge in [0.25, 0.3) is 0 Å². The van der Waals surface area contributed by atoms with Crippen LogP contribution in [0.25, 0.3) is 0 Å². The van der Waals surface area contributed by atoms with Crippen LogP contribution in [0.15, 0.2) is 12.4 Å². The average molecular weight is 238 g/mol. The van der Waals surface area contributed by atoms with Crippen LogP contribution >= 0.6 is 11.6 Å². The largest absolute Gasteiger partial charge is 0.360 e. The monoisotopic (exact) mass is 237 g/mol. The molecule has 6 heteroatoms. The Kier molecular flexibility index (Phi) is 3.05. The molecule has 0 radical (unpaired) electrons. The Labute approximate surface area is 98.3 Å². The van der Waals surface area contributed by atoms with Crippen molar-refractivity contribution in [1.82, 2.24) is 19.9 Å². The van der Waals surface area contributed by atoms with Crippen molar-refractivity contribution in [1.29, 1.82) is 0 Å². The number of halogens is 1. The standard InChI is InChI=1S/C10H12ClN5/c1-6-7(2)16-10(9(11)15-6)14-5-8-12-3-4-13-8/h3-4H,5H2,1-2H3,(H,12,13)(H,14,16). The SMILES string of the molecule is Cc1nc(Cl)c(NCc2ncc[nH]2)nc1C. The molecule has 0 aliphatic heterocycles. The number of hydrogen-bond donors (Lipinski definition) is 2. The molecule has 0 fully saturated rings. The van der Waals surface area contributed by atoms with Gasteiger partial charge in [0.1, 0.15) is 5.82 Å². The molecule has 0 saturated heterocycles. The molecule has 0 atom stereocenters. The minimum absolute atomic E-state index is 0.384. The second-order valence-corrected chi connectivity index (χ2v) is 3.78. The number of rotatable bonds is 3. The Balaban J connectivity index is 2.12. The van der Waals surface area contributed by atoms with Gasteiger partial charge in [-0.15, -0.1) is 0 Å². The normalized spacial score (nSPS) is 10.4. The van der Waals surface area contributed by atoms with Crippen LogP contribution in [0.2, 0.25) is 5.15 Å². The Morgan fingerprint density at radius 2 is 2.06 bits per heavy atom. The summed E-state index contributed by atoms with van der Waals surface area (Å²) in [7, 11) is 0. The molecule has 5 nitrogen and oxygen atoms in total. The fourth-order valence-electron chi connectivity index (χ4n) is 1.25. The third kappa shape index (κ3) is 2.30. The van der Waals surface area contributed by atoms with E-state index >= 15 is 0 Å². The molecular formula is C10H12ClN5. The summed E-state index contributed by atoms with van der Waals surface area (Å²) in [6.07, 6.45) is 3.47. The van der Waals surface area contributed by atoms with Crippen molar-refractivity contribution in [2.45, 2.75) is 20.4 Å². The molecule has 0 spiro atoms. The van der Waals surface area contributed by atoms with Crippen LogP contribution in [0.4, 0.5) is 5.82 Å². The Morgan fingerprint density at radius 1 is 1.31 bits per heavy atom. The second kappa shape index (κ2) is 4.49. The minimum Gasteiger partial charge on any atom is -0.360 e. The summed E-state index contributed by atoms with van der Waals surface area (Å²) in [6, 6.07) is 0. The van der Waals surface area contributed by atoms with Crippen molar-refractivity contribution < 1.29 is 0 Å². The van der Waals surface area contributed by atoms with E-state index in [0.717, 1.165) is 17.2 Å². The molecule has 0 saturated carbocycles. The molecule has 2 rings (SSSR count). The number of hydrogen-bond acceptors (Lipinski definition) is 4. The van der Waals surface area contributed by atoms with Crippen molar-refractivity contribution >= 4 is 17.4 Å². The summed E-state index contributed by atoms with van der Waals surface area (Å²) in [5.41, 5.74) is 1.71. The van der Waals surface area contributed by atoms with E-state index in [0.29, 0.717) is 17.5 Å². The number of nitrogens with one attached hydrogen (secondary N) is 2. The molecule has 0 amide bonds. The van der Waals surface area contributed by atoms with Crippen LogP contribution in [-0.2, 0) is 6.54 Å². The molecule has 16 heavy (non-hydrogen) atoms. The fraction of sp³-hybridized carbons (Fsp3) is 0.300. The van der Waals surface area contributed by atoms with E-state index in [1.165, 1.54) is 0 Å². The zero-order valence-corrected chi connectivity index (χ0v) is 9.84. The molecule has 0 aromatic carbocycles. The molecule has 0 aliphatic rings. The predicted octanol–water partition coefficient (Wildman–Crippen LogP) is 2.08. The van der Waals surface area contributed by atoms with Crippen LogP contribution in [0.1, 0.15) is 17.2 Å². The van der Waals surface area contributed by atoms with E-state index in [1.54, 1.807) is 12.4 Å². The molecule has 0 bridgehead atoms. The van der Waals surface area contributed by atoms with E-state index < -0.39 is 0 Å². The lowest BCUT2D eigenvalue weighted by atomic mass is 10.3. The van der Waals surface area contributed by atoms with Crippen LogP contribution in [0, 0.1) is 13.8 Å². The molecule has 2 aromatic heterocycles. The first-order chi connectivity index (χ1) is 7.66. The number of anilines is 1. The van der Waals surface area contributed by atoms with E-state index in [1.807, 2.05) is 13.8 Å². The number of aromatic amines is 1. The van der Waals surface area contributed by atoms with E-state index in [9.17, 15) is 0 Å². The maximum absolute atomic E-state index is 5.97. The predicted molar refractivity (Wildman–Crippen MR) is 62.4 cm³/mol. The summed E-state index contributed by atoms with van der Waals surface area (Å²) in [4.78, 5) is 15.6. The Hall–Kier alpha value is -1.62. The van der Waals surface area contributed by atoms with Crippen molar-refractivity contribution in [3.63, 3.8) is 0 Å². The molecule has 0 aliphatic carbocycles. The van der Waals surface area contributed by atoms with Gasteiger partial charge in [0.05, 0.1) is 17.9 Å². The van der Waals surface area contributed by atoms with Gasteiger partial charge in [0.15, 0.2) is 11.0 Å². The molecular weight excluding hydrogens is 226 g/mol. The first-order valence-corrected chi connectivity index (χ1v) is 5.27. The van der Waals surface area contributed by atoms with Gasteiger partial charge in [-0.1, -0.05) is 11.6 Å². The Morgan fingerprint density at radius 3 is 2.75 bits per heavy atom. The fourth-order valence-corrected chi connectivity index (χ4v) is 1.49. The highest BCUT2D eigenvalue weighted by Gasteiger charge is 2.06. The lowest BCUT2D eigenvalue weighted by Gasteiger charge is -2.07. The van der Waals surface area contributed by atoms with Gasteiger partial charge < -0.3 is 10.3 Å². The van der Waals surface area contributed by atoms with Gasteiger partial charge in [-0.2, -0.15) is 0 Å². The third-order valence-electron chi connectivity index (χ3n) is 2.24. The van der Waals surface area contributed by atoms with E-state index in [-0.39, 0.29) is 0 Å². The molecule has 2 aromatic rings. The molecule has 2 N–H and O–H groups in total. The van der Waals surface area contributed by atoms with Crippen molar-refractivity contribution in [3.8, 4) is 0 Å². The lowest BCUT2D eigenvalue weighted by Crippen LogP contribution is -2.06. The summed E-state index contributed by atoms with van der Waals surface area (Å²) in [6.45, 7) is 4.32. The van der Waals surface area contributed by atoms with Crippen LogP contribution in [-0.4, -0.2) is 19.9 Å². The van der Waals surface area contributed by atoms with Crippen molar-refractivity contribution in [2.24, 2.45) is 0 Å². The third-order valence-corrected chi connectivity index (χ3v) is 2.51. The highest BCUT2D eigenvalue weighted by Crippen LogP contribution is 2.18. The van der Waals surface area contributed by atoms with E-state index in [2.05, 4.69) is 25.3 Å². The zero-order valence-electron chi connectivity index (χ0n) is 9.08. The maximum atomic E-state index is 5.97. The minimum atomic E-state index is 0.384. The summed E-state index contributed by atoms with van der Waals surface area (Å²) in [5.74, 6) is 1.41. The number of aromatic nitrogens is 4. The number of nitrogens with zero attached hydrogens (tertiary/aromatic N) is 3. The highest BCUT2D eigenvalue weighted by atomic mass is 35.5. The van der Waals surface area contributed by atoms with Gasteiger partial charge in [-0.05, 0) is 13.8 Å². The topological polar surface area (TPSA) is 66.5 Å². The second-order valence-electron chi connectivity index (χ2n) is 3.42. The molecule has 2 heterocycles. The van der Waals surface area contributed by atoms with E-state index in [4.69, 9.17) is 11.6 Å². The molecule has 0 unspecified atom stereocenters. The smallest absolute Gasteiger partial charge is 0.171 e. The van der Waals surface area contributed by atoms with Gasteiger partial charge >= 0.3 is 0 Å². The number of aryl methyl sites for hydroxylation is 2. The summed E-state index contributed by atoms with van der Waals surface area (Å²) >= 11 is 5.97. The van der Waals surface area contributed by atoms with Crippen LogP contribution in [0.5, 0.6) is 0 Å². The summed E-state index contributed by atoms with van der Waals surface area (Å²) < 4.78 is 0. The van der Waals surface area contributed by atoms with Crippen LogP contribution < -0.4 is 5.32 Å². The Bertz CT molecular complexity index is 480. The summed E-state index contributed by atoms with van der Waals surface area (Å²) in [5, 5.41) is 3.47. The quantitative estimate of drug-likeness (QED) is 0.858. The van der Waals surface area contributed by atoms with Gasteiger partial charge in [0.2, 0.25) is 0 Å². The first kappa shape index (κ1) is 10.9. The average Bonchev–Trinajstić information content (AvgIpc) is 2.74. The maximum Gasteiger partial charge on any atom is 0.171 e. The number of imidazole rings is 1. The van der Waals surface area contributed by atoms with Crippen molar-refractivity contribution in [2.75, 3.05) is 5.32 Å². The van der Waals surface area contributed by atoms with Crippen molar-refractivity contribution in [3.05, 3.63) is 34.8 Å². The van der Waals surface area contributed by atoms with Gasteiger partial charge in [-0.25, -0.2) is 15.0 Å². The van der Waals surface area contributed by atoms with Crippen LogP contribution in [0.3, 0.4) is 0 Å². The van der Waals surface area contributed by atoms with Gasteiger partial charge in [-0.3, -0.25) is 0 Å². The lowest BCUT2D eigenvalue weighted by molar-refractivity contribution is 0.965. The molecule has 84 valence electrons.